The number of nitrogens with zero attached hydrogens (tertiary/aromatic N) is 1. The molecule has 0 saturated carbocycles. The Kier molecular flexibility index (Phi) is 6.06. The second-order valence-corrected chi connectivity index (χ2v) is 9.85. The van der Waals surface area contributed by atoms with Gasteiger partial charge in [-0.05, 0) is 43.5 Å². The van der Waals surface area contributed by atoms with E-state index in [4.69, 9.17) is 0 Å². The van der Waals surface area contributed by atoms with Crippen LogP contribution in [-0.4, -0.2) is 37.8 Å². The van der Waals surface area contributed by atoms with Gasteiger partial charge in [-0.25, -0.2) is 8.42 Å². The van der Waals surface area contributed by atoms with Crippen molar-refractivity contribution in [1.29, 1.82) is 0 Å². The number of thiophene rings is 1. The van der Waals surface area contributed by atoms with Crippen LogP contribution >= 0.6 is 23.3 Å². The van der Waals surface area contributed by atoms with Gasteiger partial charge in [0, 0.05) is 6.04 Å². The van der Waals surface area contributed by atoms with Gasteiger partial charge in [-0.1, -0.05) is 6.92 Å². The number of rotatable bonds is 7. The van der Waals surface area contributed by atoms with Crippen molar-refractivity contribution in [3.05, 3.63) is 21.7 Å². The minimum absolute atomic E-state index is 0.0531. The fourth-order valence-electron chi connectivity index (χ4n) is 2.34. The summed E-state index contributed by atoms with van der Waals surface area (Å²) in [4.78, 5) is 25.4. The molecule has 1 aliphatic rings. The average Bonchev–Trinajstić information content (AvgIpc) is 2.94. The van der Waals surface area contributed by atoms with E-state index in [-0.39, 0.29) is 6.04 Å². The summed E-state index contributed by atoms with van der Waals surface area (Å²) in [5.41, 5.74) is 0.707. The molecule has 1 aliphatic heterocycles. The fourth-order valence-corrected chi connectivity index (χ4v) is 6.75. The Morgan fingerprint density at radius 3 is 2.92 bits per heavy atom. The zero-order valence-corrected chi connectivity index (χ0v) is 15.4. The third kappa shape index (κ3) is 4.18. The first-order valence-electron chi connectivity index (χ1n) is 7.09. The molecule has 1 aromatic heterocycles. The molecule has 0 saturated heterocycles. The van der Waals surface area contributed by atoms with Crippen molar-refractivity contribution in [1.82, 2.24) is 10.0 Å². The fraction of sp³-hybridized carbons (Fsp3) is 0.583. The van der Waals surface area contributed by atoms with Crippen molar-refractivity contribution in [2.75, 3.05) is 13.2 Å². The first-order valence-corrected chi connectivity index (χ1v) is 10.3. The van der Waals surface area contributed by atoms with Gasteiger partial charge >= 0.3 is 0 Å². The minimum atomic E-state index is -3.37. The number of carbonyl (C=O) groups is 1. The third-order valence-electron chi connectivity index (χ3n) is 3.45. The number of fused-ring (bicyclic) bond motifs is 1. The largest absolute Gasteiger partial charge is 0.310 e. The molecule has 0 bridgehead atoms. The SMILES string of the molecule is CCNC1CC(C)S(=O)(=O)c2sc(SNC(=O)CO[N+](=O)[O-])cc21. The maximum Gasteiger partial charge on any atom is 0.295 e. The highest BCUT2D eigenvalue weighted by atomic mass is 32.2. The van der Waals surface area contributed by atoms with Gasteiger partial charge in [0.05, 0.1) is 9.46 Å². The van der Waals surface area contributed by atoms with Crippen LogP contribution in [0, 0.1) is 10.1 Å². The van der Waals surface area contributed by atoms with Crippen LogP contribution in [0.1, 0.15) is 31.9 Å². The van der Waals surface area contributed by atoms with Crippen molar-refractivity contribution in [3.8, 4) is 0 Å². The summed E-state index contributed by atoms with van der Waals surface area (Å²) in [6.45, 7) is 3.64. The molecule has 0 aliphatic carbocycles. The Hall–Kier alpha value is -1.37. The molecule has 2 heterocycles. The van der Waals surface area contributed by atoms with Crippen LogP contribution in [0.15, 0.2) is 14.5 Å². The monoisotopic (exact) mass is 395 g/mol. The van der Waals surface area contributed by atoms with Crippen LogP contribution in [0.25, 0.3) is 0 Å². The second kappa shape index (κ2) is 7.68. The maximum atomic E-state index is 12.5. The topological polar surface area (TPSA) is 128 Å². The predicted molar refractivity (Wildman–Crippen MR) is 88.9 cm³/mol. The Labute approximate surface area is 147 Å². The number of sulfone groups is 1. The van der Waals surface area contributed by atoms with Crippen molar-refractivity contribution in [2.45, 2.75) is 40.0 Å². The van der Waals surface area contributed by atoms with Crippen LogP contribution in [0.4, 0.5) is 0 Å². The molecule has 1 amide bonds. The summed E-state index contributed by atoms with van der Waals surface area (Å²) in [6, 6.07) is 1.68. The molecule has 9 nitrogen and oxygen atoms in total. The van der Waals surface area contributed by atoms with Gasteiger partial charge < -0.3 is 10.2 Å². The van der Waals surface area contributed by atoms with Gasteiger partial charge in [0.25, 0.3) is 11.0 Å². The van der Waals surface area contributed by atoms with Crippen LogP contribution in [0.3, 0.4) is 0 Å². The molecule has 2 N–H and O–H groups in total. The van der Waals surface area contributed by atoms with Gasteiger partial charge in [-0.15, -0.1) is 21.5 Å². The molecular weight excluding hydrogens is 378 g/mol. The highest BCUT2D eigenvalue weighted by Gasteiger charge is 2.38. The molecule has 1 aromatic rings. The molecule has 0 spiro atoms. The number of amides is 1. The van der Waals surface area contributed by atoms with Crippen LogP contribution in [-0.2, 0) is 19.5 Å². The van der Waals surface area contributed by atoms with Gasteiger partial charge in [0.2, 0.25) is 0 Å². The summed E-state index contributed by atoms with van der Waals surface area (Å²) in [7, 11) is -3.37. The Morgan fingerprint density at radius 2 is 2.29 bits per heavy atom. The van der Waals surface area contributed by atoms with Crippen molar-refractivity contribution in [3.63, 3.8) is 0 Å². The molecule has 134 valence electrons. The van der Waals surface area contributed by atoms with Crippen LogP contribution in [0.5, 0.6) is 0 Å². The molecule has 24 heavy (non-hydrogen) atoms. The van der Waals surface area contributed by atoms with E-state index in [2.05, 4.69) is 14.9 Å². The molecule has 0 fully saturated rings. The average molecular weight is 395 g/mol. The molecule has 0 aromatic carbocycles. The van der Waals surface area contributed by atoms with Crippen molar-refractivity contribution in [2.24, 2.45) is 0 Å². The number of hydrogen-bond donors (Lipinski definition) is 2. The van der Waals surface area contributed by atoms with E-state index in [1.807, 2.05) is 6.92 Å². The Bertz CT molecular complexity index is 732. The molecule has 2 atom stereocenters. The Morgan fingerprint density at radius 1 is 1.58 bits per heavy atom. The predicted octanol–water partition coefficient (Wildman–Crippen LogP) is 1.30. The van der Waals surface area contributed by atoms with Gasteiger partial charge in [0.15, 0.2) is 16.4 Å². The quantitative estimate of drug-likeness (QED) is 0.402. The lowest BCUT2D eigenvalue weighted by Crippen LogP contribution is -2.33. The highest BCUT2D eigenvalue weighted by molar-refractivity contribution is 8.00. The van der Waals surface area contributed by atoms with E-state index in [9.17, 15) is 23.3 Å². The summed E-state index contributed by atoms with van der Waals surface area (Å²) in [5.74, 6) is -0.678. The first kappa shape index (κ1) is 19.0. The van der Waals surface area contributed by atoms with E-state index in [0.29, 0.717) is 26.9 Å². The second-order valence-electron chi connectivity index (χ2n) is 5.13. The molecule has 2 unspecified atom stereocenters. The number of nitrogens with one attached hydrogen (secondary N) is 2. The molecule has 12 heteroatoms. The normalized spacial score (nSPS) is 21.8. The minimum Gasteiger partial charge on any atom is -0.310 e. The first-order chi connectivity index (χ1) is 11.3. The number of hydrogen-bond acceptors (Lipinski definition) is 9. The lowest BCUT2D eigenvalue weighted by molar-refractivity contribution is -0.754. The smallest absolute Gasteiger partial charge is 0.295 e. The van der Waals surface area contributed by atoms with E-state index in [0.717, 1.165) is 23.3 Å². The highest BCUT2D eigenvalue weighted by Crippen LogP contribution is 2.43. The summed E-state index contributed by atoms with van der Waals surface area (Å²) in [6.07, 6.45) is 0.493. The van der Waals surface area contributed by atoms with E-state index in [1.165, 1.54) is 0 Å². The van der Waals surface area contributed by atoms with Gasteiger partial charge in [-0.3, -0.25) is 9.52 Å². The third-order valence-corrected chi connectivity index (χ3v) is 8.29. The standard InChI is InChI=1S/C12H17N3O6S3/c1-3-13-9-4-7(2)24(19,20)12-8(9)5-11(22-12)23-14-10(16)6-21-15(17)18/h5,7,9,13H,3-4,6H2,1-2H3,(H,14,16). The summed E-state index contributed by atoms with van der Waals surface area (Å²) in [5, 5.41) is 11.8. The van der Waals surface area contributed by atoms with E-state index in [1.54, 1.807) is 13.0 Å². The Balaban J connectivity index is 2.13. The molecule has 2 rings (SSSR count). The van der Waals surface area contributed by atoms with Crippen LogP contribution < -0.4 is 10.0 Å². The number of carbonyl (C=O) groups excluding carboxylic acids is 1. The van der Waals surface area contributed by atoms with Crippen molar-refractivity contribution >= 4 is 39.0 Å². The van der Waals surface area contributed by atoms with E-state index >= 15 is 0 Å². The van der Waals surface area contributed by atoms with Gasteiger partial charge in [-0.2, -0.15) is 0 Å². The van der Waals surface area contributed by atoms with E-state index < -0.39 is 32.7 Å². The zero-order chi connectivity index (χ0) is 17.9. The lowest BCUT2D eigenvalue weighted by Gasteiger charge is -2.27. The van der Waals surface area contributed by atoms with Crippen molar-refractivity contribution < 1.29 is 23.1 Å². The molecular formula is C12H17N3O6S3. The maximum absolute atomic E-state index is 12.5. The van der Waals surface area contributed by atoms with Crippen LogP contribution in [0.2, 0.25) is 0 Å². The lowest BCUT2D eigenvalue weighted by atomic mass is 10.1. The van der Waals surface area contributed by atoms with Gasteiger partial charge in [0.1, 0.15) is 4.21 Å². The zero-order valence-electron chi connectivity index (χ0n) is 13.0. The summed E-state index contributed by atoms with van der Waals surface area (Å²) >= 11 is 2.01. The summed E-state index contributed by atoms with van der Waals surface area (Å²) < 4.78 is 28.2. The molecule has 0 radical (unpaired) electrons.